The van der Waals surface area contributed by atoms with Crippen LogP contribution in [0, 0.1) is 11.8 Å². The van der Waals surface area contributed by atoms with Gasteiger partial charge in [-0.2, -0.15) is 0 Å². The average Bonchev–Trinajstić information content (AvgIpc) is 2.67. The monoisotopic (exact) mass is 399 g/mol. The van der Waals surface area contributed by atoms with Crippen molar-refractivity contribution >= 4 is 17.7 Å². The van der Waals surface area contributed by atoms with Gasteiger partial charge in [-0.05, 0) is 43.9 Å². The first-order valence-corrected chi connectivity index (χ1v) is 9.59. The van der Waals surface area contributed by atoms with E-state index in [9.17, 15) is 19.5 Å². The molecular formula is C22H25NO6. The number of phenolic OH excluding ortho intramolecular Hbond substituents is 1. The molecule has 0 fully saturated rings. The normalized spacial score (nSPS) is 24.0. The van der Waals surface area contributed by atoms with Crippen molar-refractivity contribution in [3.05, 3.63) is 52.4 Å². The zero-order valence-electron chi connectivity index (χ0n) is 16.9. The van der Waals surface area contributed by atoms with E-state index in [0.717, 1.165) is 0 Å². The summed E-state index contributed by atoms with van der Waals surface area (Å²) >= 11 is 0. The Kier molecular flexibility index (Phi) is 5.77. The third-order valence-corrected chi connectivity index (χ3v) is 5.46. The molecule has 7 nitrogen and oxygen atoms in total. The molecule has 0 saturated carbocycles. The molecule has 0 spiro atoms. The summed E-state index contributed by atoms with van der Waals surface area (Å²) in [6.45, 7) is 5.51. The van der Waals surface area contributed by atoms with Crippen molar-refractivity contribution in [3.8, 4) is 5.75 Å². The van der Waals surface area contributed by atoms with Crippen molar-refractivity contribution < 1.29 is 29.0 Å². The Morgan fingerprint density at radius 1 is 1.24 bits per heavy atom. The topological polar surface area (TPSA) is 102 Å². The Bertz CT molecular complexity index is 912. The summed E-state index contributed by atoms with van der Waals surface area (Å²) in [5.74, 6) is -3.25. The van der Waals surface area contributed by atoms with Crippen LogP contribution in [0.1, 0.15) is 38.7 Å². The fourth-order valence-electron chi connectivity index (χ4n) is 4.16. The highest BCUT2D eigenvalue weighted by Gasteiger charge is 2.47. The van der Waals surface area contributed by atoms with Crippen molar-refractivity contribution in [2.45, 2.75) is 33.1 Å². The summed E-state index contributed by atoms with van der Waals surface area (Å²) in [5.41, 5.74) is 2.66. The summed E-state index contributed by atoms with van der Waals surface area (Å²) in [4.78, 5) is 38.5. The molecule has 1 aliphatic carbocycles. The number of carbonyl (C=O) groups is 3. The molecule has 2 N–H and O–H groups in total. The molecule has 0 saturated heterocycles. The summed E-state index contributed by atoms with van der Waals surface area (Å²) < 4.78 is 10.1. The second-order valence-electron chi connectivity index (χ2n) is 7.35. The number of nitrogens with one attached hydrogen (secondary N) is 1. The molecule has 1 aromatic rings. The largest absolute Gasteiger partial charge is 0.508 e. The van der Waals surface area contributed by atoms with Crippen LogP contribution in [-0.2, 0) is 23.9 Å². The van der Waals surface area contributed by atoms with Crippen LogP contribution >= 0.6 is 0 Å². The molecule has 1 aromatic carbocycles. The van der Waals surface area contributed by atoms with E-state index in [1.807, 2.05) is 6.92 Å². The van der Waals surface area contributed by atoms with Gasteiger partial charge in [0.1, 0.15) is 11.7 Å². The molecule has 0 unspecified atom stereocenters. The molecule has 7 heteroatoms. The van der Waals surface area contributed by atoms with Gasteiger partial charge in [-0.1, -0.05) is 19.1 Å². The third kappa shape index (κ3) is 3.64. The Balaban J connectivity index is 2.18. The van der Waals surface area contributed by atoms with Crippen molar-refractivity contribution in [1.82, 2.24) is 5.32 Å². The Morgan fingerprint density at radius 2 is 1.90 bits per heavy atom. The number of carbonyl (C=O) groups excluding carboxylic acids is 3. The summed E-state index contributed by atoms with van der Waals surface area (Å²) in [7, 11) is 1.26. The summed E-state index contributed by atoms with van der Waals surface area (Å²) in [5, 5.41) is 12.9. The van der Waals surface area contributed by atoms with Crippen LogP contribution in [0.3, 0.4) is 0 Å². The van der Waals surface area contributed by atoms with Crippen LogP contribution in [0.4, 0.5) is 0 Å². The van der Waals surface area contributed by atoms with Crippen molar-refractivity contribution in [2.75, 3.05) is 13.7 Å². The number of hydrogen-bond acceptors (Lipinski definition) is 7. The molecule has 1 heterocycles. The second-order valence-corrected chi connectivity index (χ2v) is 7.35. The van der Waals surface area contributed by atoms with Gasteiger partial charge in [0.2, 0.25) is 0 Å². The lowest BCUT2D eigenvalue weighted by Crippen LogP contribution is -2.43. The number of rotatable bonds is 4. The molecule has 0 amide bonds. The number of phenols is 1. The van der Waals surface area contributed by atoms with Crippen LogP contribution in [0.25, 0.3) is 0 Å². The smallest absolute Gasteiger partial charge is 0.336 e. The van der Waals surface area contributed by atoms with E-state index in [1.54, 1.807) is 26.0 Å². The zero-order valence-corrected chi connectivity index (χ0v) is 16.9. The first kappa shape index (κ1) is 20.6. The van der Waals surface area contributed by atoms with E-state index in [0.29, 0.717) is 34.5 Å². The maximum absolute atomic E-state index is 13.4. The number of aromatic hydroxyl groups is 1. The number of allylic oxidation sites excluding steroid dienone is 3. The van der Waals surface area contributed by atoms with E-state index in [1.165, 1.54) is 19.2 Å². The van der Waals surface area contributed by atoms with Crippen LogP contribution in [0.5, 0.6) is 5.75 Å². The lowest BCUT2D eigenvalue weighted by Gasteiger charge is -2.38. The quantitative estimate of drug-likeness (QED) is 0.593. The molecule has 3 atom stereocenters. The molecule has 0 radical (unpaired) electrons. The number of ether oxygens (including phenoxy) is 2. The van der Waals surface area contributed by atoms with Crippen LogP contribution in [-0.4, -0.2) is 36.5 Å². The van der Waals surface area contributed by atoms with Gasteiger partial charge >= 0.3 is 11.9 Å². The summed E-state index contributed by atoms with van der Waals surface area (Å²) in [6.07, 6.45) is 0.475. The molecule has 0 bridgehead atoms. The zero-order chi connectivity index (χ0) is 21.3. The van der Waals surface area contributed by atoms with Gasteiger partial charge in [-0.15, -0.1) is 0 Å². The number of Topliss-reactive ketones (excluding diaryl/α,β-unsaturated/α-hetero) is 1. The van der Waals surface area contributed by atoms with Gasteiger partial charge in [-0.3, -0.25) is 9.59 Å². The molecule has 2 aliphatic rings. The second kappa shape index (κ2) is 8.11. The number of ketones is 1. The highest BCUT2D eigenvalue weighted by Crippen LogP contribution is 2.45. The van der Waals surface area contributed by atoms with Gasteiger partial charge < -0.3 is 19.9 Å². The van der Waals surface area contributed by atoms with E-state index in [-0.39, 0.29) is 24.1 Å². The van der Waals surface area contributed by atoms with Crippen LogP contribution in [0.2, 0.25) is 0 Å². The highest BCUT2D eigenvalue weighted by molar-refractivity contribution is 6.12. The molecule has 29 heavy (non-hydrogen) atoms. The molecule has 3 rings (SSSR count). The Labute approximate surface area is 169 Å². The van der Waals surface area contributed by atoms with E-state index < -0.39 is 23.8 Å². The molecule has 154 valence electrons. The van der Waals surface area contributed by atoms with E-state index >= 15 is 0 Å². The molecule has 1 aliphatic heterocycles. The maximum Gasteiger partial charge on any atom is 0.336 e. The van der Waals surface area contributed by atoms with Crippen molar-refractivity contribution in [2.24, 2.45) is 11.8 Å². The lowest BCUT2D eigenvalue weighted by molar-refractivity contribution is -0.151. The van der Waals surface area contributed by atoms with Crippen molar-refractivity contribution in [3.63, 3.8) is 0 Å². The van der Waals surface area contributed by atoms with E-state index in [2.05, 4.69) is 5.32 Å². The van der Waals surface area contributed by atoms with Gasteiger partial charge in [-0.25, -0.2) is 4.79 Å². The molecular weight excluding hydrogens is 374 g/mol. The average molecular weight is 399 g/mol. The number of hydrogen-bond donors (Lipinski definition) is 2. The van der Waals surface area contributed by atoms with Gasteiger partial charge in [0, 0.05) is 22.9 Å². The fourth-order valence-corrected chi connectivity index (χ4v) is 4.16. The van der Waals surface area contributed by atoms with Gasteiger partial charge in [0.25, 0.3) is 0 Å². The number of methoxy groups -OCH3 is 1. The molecule has 0 aromatic heterocycles. The van der Waals surface area contributed by atoms with Gasteiger partial charge in [0.15, 0.2) is 5.78 Å². The number of dihydropyridines is 1. The number of esters is 2. The maximum atomic E-state index is 13.4. The number of benzene rings is 1. The van der Waals surface area contributed by atoms with E-state index in [4.69, 9.17) is 9.47 Å². The minimum absolute atomic E-state index is 0.0753. The first-order valence-electron chi connectivity index (χ1n) is 9.59. The first-order chi connectivity index (χ1) is 13.8. The Morgan fingerprint density at radius 3 is 2.48 bits per heavy atom. The van der Waals surface area contributed by atoms with Crippen LogP contribution < -0.4 is 5.32 Å². The third-order valence-electron chi connectivity index (χ3n) is 5.46. The predicted octanol–water partition coefficient (Wildman–Crippen LogP) is 2.57. The highest BCUT2D eigenvalue weighted by atomic mass is 16.5. The fraction of sp³-hybridized carbons (Fsp3) is 0.409. The minimum atomic E-state index is -0.929. The predicted molar refractivity (Wildman–Crippen MR) is 105 cm³/mol. The standard InChI is InChI=1S/C22H25NO6/c1-5-29-22(27)17-12(3)23-15-10-11(2)16(21(26)28-4)20(25)19(15)18(17)13-6-8-14(24)9-7-13/h6-9,11,16,18,23-24H,5,10H2,1-4H3/t11-,16+,18+/m1/s1. The van der Waals surface area contributed by atoms with Crippen LogP contribution in [0.15, 0.2) is 46.8 Å². The van der Waals surface area contributed by atoms with Crippen molar-refractivity contribution in [1.29, 1.82) is 0 Å². The SMILES string of the molecule is CCOC(=O)C1=C(C)NC2=C(C(=O)[C@@H](C(=O)OC)[C@H](C)C2)[C@H]1c1ccc(O)cc1. The lowest BCUT2D eigenvalue weighted by atomic mass is 9.69. The summed E-state index contributed by atoms with van der Waals surface area (Å²) in [6, 6.07) is 6.34. The Hall–Kier alpha value is -3.09. The van der Waals surface area contributed by atoms with Gasteiger partial charge in [0.05, 0.1) is 19.3 Å². The minimum Gasteiger partial charge on any atom is -0.508 e.